The Morgan fingerprint density at radius 3 is 2.84 bits per heavy atom. The van der Waals surface area contributed by atoms with Gasteiger partial charge in [0, 0.05) is 23.4 Å². The highest BCUT2D eigenvalue weighted by Gasteiger charge is 2.21. The Labute approximate surface area is 208 Å². The summed E-state index contributed by atoms with van der Waals surface area (Å²) in [5.74, 6) is 0.529. The lowest BCUT2D eigenvalue weighted by atomic mass is 9.98. The van der Waals surface area contributed by atoms with Crippen LogP contribution >= 0.6 is 0 Å². The number of imidazole rings is 1. The van der Waals surface area contributed by atoms with E-state index in [2.05, 4.69) is 25.5 Å². The molecule has 37 heavy (non-hydrogen) atoms. The lowest BCUT2D eigenvalue weighted by Crippen LogP contribution is -2.20. The molecule has 4 aromatic heterocycles. The first kappa shape index (κ1) is 22.7. The van der Waals surface area contributed by atoms with E-state index < -0.39 is 5.69 Å². The largest absolute Gasteiger partial charge is 0.493 e. The van der Waals surface area contributed by atoms with Gasteiger partial charge in [-0.25, -0.2) is 14.2 Å². The van der Waals surface area contributed by atoms with Crippen LogP contribution < -0.4 is 21.7 Å². The predicted molar refractivity (Wildman–Crippen MR) is 132 cm³/mol. The fourth-order valence-corrected chi connectivity index (χ4v) is 4.28. The topological polar surface area (TPSA) is 149 Å². The molecule has 1 aliphatic carbocycles. The maximum atomic E-state index is 14.2. The van der Waals surface area contributed by atoms with Crippen LogP contribution in [0.3, 0.4) is 0 Å². The molecule has 0 amide bonds. The predicted octanol–water partition coefficient (Wildman–Crippen LogP) is 2.09. The number of halogens is 1. The summed E-state index contributed by atoms with van der Waals surface area (Å²) in [6.45, 7) is 3.97. The Hall–Kier alpha value is -4.74. The van der Waals surface area contributed by atoms with E-state index in [1.54, 1.807) is 29.8 Å². The van der Waals surface area contributed by atoms with Crippen LogP contribution in [0.5, 0.6) is 5.88 Å². The van der Waals surface area contributed by atoms with Gasteiger partial charge in [0.2, 0.25) is 5.88 Å². The van der Waals surface area contributed by atoms with Gasteiger partial charge in [-0.1, -0.05) is 11.2 Å². The zero-order valence-electron chi connectivity index (χ0n) is 20.0. The molecular weight excluding hydrogens is 479 g/mol. The van der Waals surface area contributed by atoms with Gasteiger partial charge in [-0.2, -0.15) is 9.61 Å². The summed E-state index contributed by atoms with van der Waals surface area (Å²) in [5, 5.41) is 22.3. The van der Waals surface area contributed by atoms with Crippen LogP contribution in [0.2, 0.25) is 0 Å². The summed E-state index contributed by atoms with van der Waals surface area (Å²) in [6, 6.07) is 6.67. The second-order valence-electron chi connectivity index (χ2n) is 9.04. The number of rotatable bonds is 6. The van der Waals surface area contributed by atoms with Gasteiger partial charge in [0.05, 0.1) is 17.9 Å². The third-order valence-electron chi connectivity index (χ3n) is 6.21. The molecule has 0 atom stereocenters. The molecule has 1 fully saturated rings. The maximum Gasteiger partial charge on any atom is 0.326 e. The quantitative estimate of drug-likeness (QED) is 0.278. The Kier molecular flexibility index (Phi) is 5.36. The van der Waals surface area contributed by atoms with E-state index in [0.29, 0.717) is 45.7 Å². The van der Waals surface area contributed by atoms with E-state index in [1.807, 2.05) is 13.0 Å². The Balaban J connectivity index is 1.42. The van der Waals surface area contributed by atoms with E-state index in [0.717, 1.165) is 24.0 Å². The minimum absolute atomic E-state index is 0.219. The summed E-state index contributed by atoms with van der Waals surface area (Å²) < 4.78 is 21.1. The highest BCUT2D eigenvalue weighted by Crippen LogP contribution is 2.31. The molecule has 4 N–H and O–H groups in total. The summed E-state index contributed by atoms with van der Waals surface area (Å²) in [4.78, 5) is 25.9. The van der Waals surface area contributed by atoms with E-state index in [9.17, 15) is 14.3 Å². The number of benzene rings is 1. The molecule has 11 nitrogen and oxygen atoms in total. The van der Waals surface area contributed by atoms with Gasteiger partial charge in [-0.05, 0) is 56.0 Å². The number of nitrogens with zero attached hydrogens (tertiary/aromatic N) is 5. The van der Waals surface area contributed by atoms with Gasteiger partial charge in [-0.15, -0.1) is 0 Å². The molecule has 1 aromatic carbocycles. The van der Waals surface area contributed by atoms with Gasteiger partial charge in [0.15, 0.2) is 11.1 Å². The number of nitrogens with one attached hydrogen (secondary N) is 3. The molecule has 6 rings (SSSR count). The van der Waals surface area contributed by atoms with Gasteiger partial charge in [0.25, 0.3) is 0 Å². The number of aromatic nitrogens is 6. The Morgan fingerprint density at radius 1 is 1.30 bits per heavy atom. The summed E-state index contributed by atoms with van der Waals surface area (Å²) in [6.07, 6.45) is 5.21. The fraction of sp³-hybridized carbons (Fsp3) is 0.240. The molecule has 1 aliphatic rings. The third kappa shape index (κ3) is 4.37. The van der Waals surface area contributed by atoms with E-state index in [1.165, 1.54) is 12.1 Å². The first-order valence-electron chi connectivity index (χ1n) is 11.8. The van der Waals surface area contributed by atoms with Crippen LogP contribution in [-0.4, -0.2) is 40.9 Å². The number of H-pyrrole nitrogens is 2. The number of aryl methyl sites for hydroxylation is 2. The SMILES string of the molecule is Cc1noc(C)c1-c1cc(F)ccc1CNc1cc(=NC2CC2)n2ncc(=Cc3[nH]c(=O)[nH]c3O)c2n1. The van der Waals surface area contributed by atoms with Crippen molar-refractivity contribution in [2.45, 2.75) is 39.3 Å². The van der Waals surface area contributed by atoms with E-state index in [-0.39, 0.29) is 23.4 Å². The van der Waals surface area contributed by atoms with Crippen molar-refractivity contribution in [3.05, 3.63) is 80.2 Å². The highest BCUT2D eigenvalue weighted by atomic mass is 19.1. The van der Waals surface area contributed by atoms with Gasteiger partial charge >= 0.3 is 5.69 Å². The molecule has 0 bridgehead atoms. The monoisotopic (exact) mass is 502 g/mol. The number of aromatic hydroxyl groups is 1. The number of hydrogen-bond donors (Lipinski definition) is 4. The van der Waals surface area contributed by atoms with Crippen LogP contribution in [0.4, 0.5) is 10.2 Å². The van der Waals surface area contributed by atoms with Crippen molar-refractivity contribution in [3.8, 4) is 17.0 Å². The molecule has 0 spiro atoms. The van der Waals surface area contributed by atoms with Crippen LogP contribution in [0.1, 0.15) is 35.6 Å². The lowest BCUT2D eigenvalue weighted by molar-refractivity contribution is 0.393. The second kappa shape index (κ2) is 8.73. The van der Waals surface area contributed by atoms with Crippen LogP contribution in [0.25, 0.3) is 22.9 Å². The molecule has 12 heteroatoms. The Bertz CT molecular complexity index is 1810. The maximum absolute atomic E-state index is 14.2. The summed E-state index contributed by atoms with van der Waals surface area (Å²) >= 11 is 0. The van der Waals surface area contributed by atoms with E-state index >= 15 is 0 Å². The molecule has 0 aliphatic heterocycles. The van der Waals surface area contributed by atoms with Crippen LogP contribution in [0, 0.1) is 19.7 Å². The minimum atomic E-state index is -0.520. The minimum Gasteiger partial charge on any atom is -0.493 e. The standard InChI is InChI=1S/C25H23FN8O3/c1-12-22(13(2)37-33-12)18-8-16(26)4-3-14(18)10-27-20-9-21(29-17-5-6-17)34-23(31-20)15(11-28-34)7-19-24(35)32-25(36)30-19/h3-4,7-9,11,17,27,35H,5-6,10H2,1-2H3,(H2,30,32,36). The second-order valence-corrected chi connectivity index (χ2v) is 9.04. The average Bonchev–Trinajstić information content (AvgIpc) is 3.36. The zero-order chi connectivity index (χ0) is 25.7. The van der Waals surface area contributed by atoms with Crippen molar-refractivity contribution < 1.29 is 14.0 Å². The first-order chi connectivity index (χ1) is 17.9. The smallest absolute Gasteiger partial charge is 0.326 e. The first-order valence-corrected chi connectivity index (χ1v) is 11.8. The third-order valence-corrected chi connectivity index (χ3v) is 6.21. The van der Waals surface area contributed by atoms with Crippen molar-refractivity contribution in [1.82, 2.24) is 29.7 Å². The number of hydrogen-bond acceptors (Lipinski definition) is 8. The molecule has 0 saturated heterocycles. The molecule has 188 valence electrons. The molecule has 0 radical (unpaired) electrons. The molecule has 1 saturated carbocycles. The zero-order valence-corrected chi connectivity index (χ0v) is 20.0. The molecule has 4 heterocycles. The number of fused-ring (bicyclic) bond motifs is 1. The Morgan fingerprint density at radius 2 is 2.14 bits per heavy atom. The normalized spacial score (nSPS) is 14.7. The van der Waals surface area contributed by atoms with Crippen LogP contribution in [-0.2, 0) is 6.54 Å². The van der Waals surface area contributed by atoms with Crippen molar-refractivity contribution in [2.24, 2.45) is 4.99 Å². The number of aromatic amines is 2. The van der Waals surface area contributed by atoms with Gasteiger partial charge in [0.1, 0.15) is 23.1 Å². The van der Waals surface area contributed by atoms with Gasteiger partial charge in [-0.3, -0.25) is 9.98 Å². The number of anilines is 1. The fourth-order valence-electron chi connectivity index (χ4n) is 4.28. The van der Waals surface area contributed by atoms with Crippen molar-refractivity contribution in [3.63, 3.8) is 0 Å². The van der Waals surface area contributed by atoms with Crippen molar-refractivity contribution in [2.75, 3.05) is 5.32 Å². The summed E-state index contributed by atoms with van der Waals surface area (Å²) in [5.41, 5.74) is 3.80. The molecule has 0 unspecified atom stereocenters. The van der Waals surface area contributed by atoms with Crippen LogP contribution in [0.15, 0.2) is 44.8 Å². The lowest BCUT2D eigenvalue weighted by Gasteiger charge is -2.12. The van der Waals surface area contributed by atoms with Crippen molar-refractivity contribution in [1.29, 1.82) is 0 Å². The summed E-state index contributed by atoms with van der Waals surface area (Å²) in [7, 11) is 0. The van der Waals surface area contributed by atoms with Gasteiger partial charge < -0.3 is 19.9 Å². The van der Waals surface area contributed by atoms with E-state index in [4.69, 9.17) is 14.5 Å². The molecular formula is C25H23FN8O3. The average molecular weight is 503 g/mol. The molecule has 5 aromatic rings. The van der Waals surface area contributed by atoms with Crippen molar-refractivity contribution >= 4 is 17.5 Å². The highest BCUT2D eigenvalue weighted by molar-refractivity contribution is 5.71.